The lowest BCUT2D eigenvalue weighted by Crippen LogP contribution is -2.50. The van der Waals surface area contributed by atoms with Gasteiger partial charge in [0.1, 0.15) is 0 Å². The number of nitrogens with zero attached hydrogens (tertiary/aromatic N) is 3. The normalized spacial score (nSPS) is 25.7. The first-order chi connectivity index (χ1) is 16.9. The number of aromatic nitrogens is 1. The molecule has 4 rings (SSSR count). The fourth-order valence-electron chi connectivity index (χ4n) is 4.49. The number of anilines is 1. The Balaban J connectivity index is 1.70. The van der Waals surface area contributed by atoms with Crippen molar-refractivity contribution in [1.29, 1.82) is 4.78 Å². The maximum atomic E-state index is 16.4. The average Bonchev–Trinajstić information content (AvgIpc) is 3.01. The van der Waals surface area contributed by atoms with Crippen LogP contribution in [0.15, 0.2) is 64.4 Å². The fourth-order valence-corrected chi connectivity index (χ4v) is 5.18. The highest BCUT2D eigenvalue weighted by Gasteiger charge is 2.49. The van der Waals surface area contributed by atoms with E-state index < -0.39 is 33.1 Å². The van der Waals surface area contributed by atoms with Gasteiger partial charge in [0.2, 0.25) is 11.6 Å². The molecule has 36 heavy (non-hydrogen) atoms. The first kappa shape index (κ1) is 25.9. The van der Waals surface area contributed by atoms with Gasteiger partial charge in [-0.15, -0.1) is 0 Å². The Kier molecular flexibility index (Phi) is 6.96. The Morgan fingerprint density at radius 2 is 1.97 bits per heavy atom. The van der Waals surface area contributed by atoms with Gasteiger partial charge in [-0.2, -0.15) is 0 Å². The zero-order valence-electron chi connectivity index (χ0n) is 20.0. The maximum Gasteiger partial charge on any atom is 0.268 e. The van der Waals surface area contributed by atoms with Crippen LogP contribution in [0.4, 0.5) is 18.9 Å². The first-order valence-electron chi connectivity index (χ1n) is 11.6. The van der Waals surface area contributed by atoms with Gasteiger partial charge in [0.25, 0.3) is 5.91 Å². The number of alkyl halides is 3. The molecule has 3 heterocycles. The van der Waals surface area contributed by atoms with E-state index in [0.29, 0.717) is 17.0 Å². The Morgan fingerprint density at radius 1 is 1.19 bits per heavy atom. The van der Waals surface area contributed by atoms with Crippen LogP contribution in [0.1, 0.15) is 31.7 Å². The number of aliphatic imine (C=N–C) groups is 1. The molecule has 192 valence electrons. The van der Waals surface area contributed by atoms with E-state index in [1.54, 1.807) is 36.4 Å². The van der Waals surface area contributed by atoms with E-state index in [-0.39, 0.29) is 42.9 Å². The van der Waals surface area contributed by atoms with Gasteiger partial charge in [0.15, 0.2) is 0 Å². The highest BCUT2D eigenvalue weighted by Crippen LogP contribution is 2.41. The Labute approximate surface area is 208 Å². The molecule has 1 aromatic heterocycles. The second-order valence-corrected chi connectivity index (χ2v) is 11.4. The number of allylic oxidation sites excluding steroid dienone is 1. The molecule has 2 aliphatic heterocycles. The molecule has 3 atom stereocenters. The fraction of sp³-hybridized carbons (Fsp3) is 0.400. The number of likely N-dealkylation sites (tertiary alicyclic amines) is 1. The Morgan fingerprint density at radius 3 is 2.67 bits per heavy atom. The van der Waals surface area contributed by atoms with Crippen molar-refractivity contribution >= 4 is 33.2 Å². The van der Waals surface area contributed by atoms with Crippen molar-refractivity contribution in [1.82, 2.24) is 9.88 Å². The van der Waals surface area contributed by atoms with Crippen molar-refractivity contribution in [2.24, 2.45) is 10.9 Å². The summed E-state index contributed by atoms with van der Waals surface area (Å²) >= 11 is 0. The van der Waals surface area contributed by atoms with Gasteiger partial charge in [0, 0.05) is 72.3 Å². The van der Waals surface area contributed by atoms with Crippen molar-refractivity contribution in [2.45, 2.75) is 42.7 Å². The summed E-state index contributed by atoms with van der Waals surface area (Å²) in [7, 11) is -3.04. The van der Waals surface area contributed by atoms with Crippen molar-refractivity contribution in [3.63, 3.8) is 0 Å². The number of hydrogen-bond acceptors (Lipinski definition) is 6. The number of halogens is 3. The van der Waals surface area contributed by atoms with E-state index in [1.807, 2.05) is 0 Å². The molecule has 1 fully saturated rings. The lowest BCUT2D eigenvalue weighted by molar-refractivity contribution is -0.125. The van der Waals surface area contributed by atoms with E-state index in [2.05, 4.69) is 15.3 Å². The molecule has 1 amide bonds. The summed E-state index contributed by atoms with van der Waals surface area (Å²) in [6.45, 7) is 1.82. The molecule has 1 aromatic carbocycles. The minimum atomic E-state index is -3.04. The lowest BCUT2D eigenvalue weighted by Gasteiger charge is -2.38. The summed E-state index contributed by atoms with van der Waals surface area (Å²) in [5.41, 5.74) is -1.04. The number of rotatable bonds is 5. The van der Waals surface area contributed by atoms with Crippen molar-refractivity contribution in [2.75, 3.05) is 24.7 Å². The third kappa shape index (κ3) is 5.30. The van der Waals surface area contributed by atoms with E-state index in [0.717, 1.165) is 6.21 Å². The van der Waals surface area contributed by atoms with Crippen LogP contribution in [0.2, 0.25) is 0 Å². The minimum absolute atomic E-state index is 0.0000588. The second kappa shape index (κ2) is 9.68. The van der Waals surface area contributed by atoms with Crippen LogP contribution in [-0.2, 0) is 14.5 Å². The van der Waals surface area contributed by atoms with Gasteiger partial charge in [-0.05, 0) is 36.8 Å². The number of pyridine rings is 1. The van der Waals surface area contributed by atoms with Gasteiger partial charge in [-0.25, -0.2) is 22.2 Å². The summed E-state index contributed by atoms with van der Waals surface area (Å²) in [4.78, 5) is 23.6. The van der Waals surface area contributed by atoms with Crippen LogP contribution in [0.3, 0.4) is 0 Å². The molecule has 2 aromatic rings. The molecule has 0 aliphatic carbocycles. The molecule has 2 N–H and O–H groups in total. The van der Waals surface area contributed by atoms with Crippen LogP contribution >= 0.6 is 0 Å². The molecule has 2 aliphatic rings. The zero-order valence-corrected chi connectivity index (χ0v) is 20.8. The van der Waals surface area contributed by atoms with E-state index >= 15 is 4.39 Å². The molecule has 3 unspecified atom stereocenters. The number of carbonyl (C=O) groups is 1. The maximum absolute atomic E-state index is 16.4. The van der Waals surface area contributed by atoms with Gasteiger partial charge in [-0.3, -0.25) is 14.8 Å². The quantitative estimate of drug-likeness (QED) is 0.583. The largest absolute Gasteiger partial charge is 0.373 e. The molecule has 1 saturated heterocycles. The molecule has 0 bridgehead atoms. The Bertz CT molecular complexity index is 1310. The van der Waals surface area contributed by atoms with Crippen LogP contribution < -0.4 is 5.32 Å². The smallest absolute Gasteiger partial charge is 0.268 e. The standard InChI is InChI=1S/C25H28F3N5O2S/c1-17-22(33-12-5-9-24(26,27)10-13-33)21(18-6-4-11-30-15-18)31-16-25(17,28)23(34)32-19-7-3-8-20(14-19)36(2,29)35/h3-4,6-8,11,14-17,29H,5,9-10,12-13H2,1-2H3,(H,32,34). The average molecular weight is 520 g/mol. The summed E-state index contributed by atoms with van der Waals surface area (Å²) < 4.78 is 64.5. The number of amides is 1. The number of carbonyl (C=O) groups excluding carboxylic acids is 1. The predicted octanol–water partition coefficient (Wildman–Crippen LogP) is 4.97. The number of benzene rings is 1. The predicted molar refractivity (Wildman–Crippen MR) is 133 cm³/mol. The van der Waals surface area contributed by atoms with Crippen molar-refractivity contribution in [3.05, 3.63) is 60.1 Å². The monoisotopic (exact) mass is 519 g/mol. The minimum Gasteiger partial charge on any atom is -0.373 e. The van der Waals surface area contributed by atoms with Gasteiger partial charge >= 0.3 is 0 Å². The topological polar surface area (TPSA) is 98.5 Å². The zero-order chi connectivity index (χ0) is 26.1. The molecule has 0 spiro atoms. The Hall–Kier alpha value is -3.21. The van der Waals surface area contributed by atoms with E-state index in [4.69, 9.17) is 4.78 Å². The number of nitrogens with one attached hydrogen (secondary N) is 2. The summed E-state index contributed by atoms with van der Waals surface area (Å²) in [5.74, 6) is -4.85. The van der Waals surface area contributed by atoms with Crippen LogP contribution in [0.25, 0.3) is 5.70 Å². The second-order valence-electron chi connectivity index (χ2n) is 9.25. The highest BCUT2D eigenvalue weighted by atomic mass is 32.2. The van der Waals surface area contributed by atoms with E-state index in [9.17, 15) is 17.8 Å². The molecular weight excluding hydrogens is 491 g/mol. The number of hydrogen-bond donors (Lipinski definition) is 2. The first-order valence-corrected chi connectivity index (χ1v) is 13.5. The van der Waals surface area contributed by atoms with Gasteiger partial charge in [-0.1, -0.05) is 13.0 Å². The van der Waals surface area contributed by atoms with Crippen LogP contribution in [-0.4, -0.2) is 57.2 Å². The van der Waals surface area contributed by atoms with Crippen molar-refractivity contribution < 1.29 is 22.2 Å². The van der Waals surface area contributed by atoms with Crippen molar-refractivity contribution in [3.8, 4) is 0 Å². The SMILES string of the molecule is CC1C(N2CCCC(F)(F)CC2)=C(c2cccnc2)N=CC1(F)C(=O)Nc1cccc(S(C)(=N)=O)c1. The third-order valence-electron chi connectivity index (χ3n) is 6.55. The van der Waals surface area contributed by atoms with E-state index in [1.165, 1.54) is 30.5 Å². The van der Waals surface area contributed by atoms with Crippen LogP contribution in [0.5, 0.6) is 0 Å². The molecule has 0 saturated carbocycles. The molecule has 0 radical (unpaired) electrons. The summed E-state index contributed by atoms with van der Waals surface area (Å²) in [6.07, 6.45) is 4.92. The molecule has 11 heteroatoms. The highest BCUT2D eigenvalue weighted by molar-refractivity contribution is 7.91. The summed E-state index contributed by atoms with van der Waals surface area (Å²) in [6, 6.07) is 9.35. The van der Waals surface area contributed by atoms with Gasteiger partial charge < -0.3 is 10.2 Å². The molecule has 7 nitrogen and oxygen atoms in total. The van der Waals surface area contributed by atoms with Gasteiger partial charge in [0.05, 0.1) is 21.6 Å². The van der Waals surface area contributed by atoms with Crippen LogP contribution in [0, 0.1) is 10.7 Å². The summed E-state index contributed by atoms with van der Waals surface area (Å²) in [5, 5.41) is 2.51. The lowest BCUT2D eigenvalue weighted by atomic mass is 9.83. The molecular formula is C25H28F3N5O2S. The third-order valence-corrected chi connectivity index (χ3v) is 7.70.